The zero-order valence-corrected chi connectivity index (χ0v) is 13.2. The van der Waals surface area contributed by atoms with Gasteiger partial charge in [-0.1, -0.05) is 20.8 Å². The largest absolute Gasteiger partial charge is 0.354 e. The van der Waals surface area contributed by atoms with Crippen molar-refractivity contribution in [3.63, 3.8) is 0 Å². The third kappa shape index (κ3) is 5.90. The Morgan fingerprint density at radius 2 is 2.05 bits per heavy atom. The summed E-state index contributed by atoms with van der Waals surface area (Å²) in [4.78, 5) is 23.7. The molecule has 0 radical (unpaired) electrons. The number of hydrogen-bond donors (Lipinski definition) is 3. The van der Waals surface area contributed by atoms with Gasteiger partial charge in [0.25, 0.3) is 0 Å². The van der Waals surface area contributed by atoms with Crippen LogP contribution in [0.4, 0.5) is 0 Å². The molecule has 1 fully saturated rings. The van der Waals surface area contributed by atoms with Gasteiger partial charge in [-0.2, -0.15) is 0 Å². The minimum absolute atomic E-state index is 0.100. The van der Waals surface area contributed by atoms with Gasteiger partial charge in [-0.15, -0.1) is 0 Å². The van der Waals surface area contributed by atoms with Crippen molar-refractivity contribution in [3.8, 4) is 0 Å². The lowest BCUT2D eigenvalue weighted by molar-refractivity contribution is -0.133. The highest BCUT2D eigenvalue weighted by molar-refractivity contribution is 5.89. The minimum Gasteiger partial charge on any atom is -0.354 e. The van der Waals surface area contributed by atoms with Crippen molar-refractivity contribution in [3.05, 3.63) is 0 Å². The summed E-state index contributed by atoms with van der Waals surface area (Å²) in [5.74, 6) is 0.450. The number of carbonyl (C=O) groups excluding carboxylic acids is 2. The lowest BCUT2D eigenvalue weighted by Gasteiger charge is -2.24. The molecule has 20 heavy (non-hydrogen) atoms. The predicted molar refractivity (Wildman–Crippen MR) is 80.3 cm³/mol. The van der Waals surface area contributed by atoms with Gasteiger partial charge in [0.15, 0.2) is 0 Å². The second-order valence-corrected chi connectivity index (χ2v) is 6.74. The summed E-state index contributed by atoms with van der Waals surface area (Å²) in [6.07, 6.45) is 3.45. The van der Waals surface area contributed by atoms with Crippen molar-refractivity contribution in [2.45, 2.75) is 53.0 Å². The molecule has 0 bridgehead atoms. The van der Waals surface area contributed by atoms with Crippen LogP contribution in [-0.4, -0.2) is 37.5 Å². The van der Waals surface area contributed by atoms with Crippen LogP contribution >= 0.6 is 0 Å². The molecule has 1 heterocycles. The molecule has 0 saturated carbocycles. The minimum atomic E-state index is -0.480. The van der Waals surface area contributed by atoms with Crippen LogP contribution in [0, 0.1) is 11.3 Å². The normalized spacial score (nSPS) is 21.1. The maximum atomic E-state index is 11.9. The van der Waals surface area contributed by atoms with E-state index in [0.29, 0.717) is 12.5 Å². The highest BCUT2D eigenvalue weighted by Gasteiger charge is 2.25. The molecule has 3 N–H and O–H groups in total. The summed E-state index contributed by atoms with van der Waals surface area (Å²) in [5, 5.41) is 9.02. The molecule has 0 spiro atoms. The fourth-order valence-corrected chi connectivity index (χ4v) is 2.20. The van der Waals surface area contributed by atoms with Crippen molar-refractivity contribution >= 4 is 11.8 Å². The summed E-state index contributed by atoms with van der Waals surface area (Å²) < 4.78 is 0. The van der Waals surface area contributed by atoms with E-state index < -0.39 is 11.5 Å². The van der Waals surface area contributed by atoms with E-state index in [0.717, 1.165) is 19.5 Å². The molecule has 116 valence electrons. The van der Waals surface area contributed by atoms with Crippen molar-refractivity contribution in [1.29, 1.82) is 0 Å². The van der Waals surface area contributed by atoms with E-state index in [9.17, 15) is 9.59 Å². The number of piperidine rings is 1. The lowest BCUT2D eigenvalue weighted by atomic mass is 9.95. The zero-order valence-electron chi connectivity index (χ0n) is 13.2. The zero-order chi connectivity index (χ0) is 15.2. The van der Waals surface area contributed by atoms with E-state index in [4.69, 9.17) is 0 Å². The van der Waals surface area contributed by atoms with E-state index in [-0.39, 0.29) is 11.8 Å². The van der Waals surface area contributed by atoms with Crippen LogP contribution < -0.4 is 16.0 Å². The molecule has 2 atom stereocenters. The van der Waals surface area contributed by atoms with Gasteiger partial charge in [-0.25, -0.2) is 0 Å². The van der Waals surface area contributed by atoms with Crippen molar-refractivity contribution in [1.82, 2.24) is 16.0 Å². The molecule has 0 aliphatic carbocycles. The molecule has 2 amide bonds. The van der Waals surface area contributed by atoms with Crippen LogP contribution in [0.25, 0.3) is 0 Å². The Morgan fingerprint density at radius 1 is 1.35 bits per heavy atom. The molecule has 1 aliphatic rings. The third-order valence-electron chi connectivity index (χ3n) is 3.67. The van der Waals surface area contributed by atoms with Crippen LogP contribution in [0.1, 0.15) is 47.0 Å². The topological polar surface area (TPSA) is 70.2 Å². The Kier molecular flexibility index (Phi) is 6.46. The molecule has 1 saturated heterocycles. The number of nitrogens with one attached hydrogen (secondary N) is 3. The Labute approximate surface area is 122 Å². The monoisotopic (exact) mass is 283 g/mol. The first-order valence-corrected chi connectivity index (χ1v) is 7.60. The van der Waals surface area contributed by atoms with Crippen molar-refractivity contribution in [2.24, 2.45) is 11.3 Å². The highest BCUT2D eigenvalue weighted by Crippen LogP contribution is 2.13. The Morgan fingerprint density at radius 3 is 2.60 bits per heavy atom. The fraction of sp³-hybridized carbons (Fsp3) is 0.867. The number of carbonyl (C=O) groups is 2. The molecular formula is C15H29N3O2. The van der Waals surface area contributed by atoms with Gasteiger partial charge in [0.05, 0.1) is 0 Å². The van der Waals surface area contributed by atoms with Crippen LogP contribution in [0.15, 0.2) is 0 Å². The molecule has 1 rings (SSSR count). The van der Waals surface area contributed by atoms with E-state index in [2.05, 4.69) is 16.0 Å². The average Bonchev–Trinajstić information content (AvgIpc) is 2.38. The summed E-state index contributed by atoms with van der Waals surface area (Å²) in [5.41, 5.74) is -0.470. The third-order valence-corrected chi connectivity index (χ3v) is 3.67. The molecule has 5 heteroatoms. The fourth-order valence-electron chi connectivity index (χ4n) is 2.20. The molecular weight excluding hydrogens is 254 g/mol. The Bertz CT molecular complexity index is 331. The van der Waals surface area contributed by atoms with Gasteiger partial charge in [0.1, 0.15) is 6.04 Å². The maximum absolute atomic E-state index is 11.9. The first-order chi connectivity index (χ1) is 9.30. The van der Waals surface area contributed by atoms with E-state index in [1.54, 1.807) is 6.92 Å². The quantitative estimate of drug-likeness (QED) is 0.706. The lowest BCUT2D eigenvalue weighted by Crippen LogP contribution is -2.48. The predicted octanol–water partition coefficient (Wildman–Crippen LogP) is 1.04. The first kappa shape index (κ1) is 17.0. The summed E-state index contributed by atoms with van der Waals surface area (Å²) in [6.45, 7) is 10.1. The van der Waals surface area contributed by atoms with E-state index >= 15 is 0 Å². The van der Waals surface area contributed by atoms with Gasteiger partial charge in [0, 0.05) is 12.0 Å². The van der Waals surface area contributed by atoms with Gasteiger partial charge < -0.3 is 16.0 Å². The average molecular weight is 283 g/mol. The first-order valence-electron chi connectivity index (χ1n) is 7.60. The van der Waals surface area contributed by atoms with Crippen LogP contribution in [0.2, 0.25) is 0 Å². The van der Waals surface area contributed by atoms with E-state index in [1.165, 1.54) is 12.8 Å². The van der Waals surface area contributed by atoms with Gasteiger partial charge in [0.2, 0.25) is 11.8 Å². The Hall–Kier alpha value is -1.10. The van der Waals surface area contributed by atoms with Crippen LogP contribution in [0.5, 0.6) is 0 Å². The second-order valence-electron chi connectivity index (χ2n) is 6.74. The maximum Gasteiger partial charge on any atom is 0.242 e. The van der Waals surface area contributed by atoms with Gasteiger partial charge >= 0.3 is 0 Å². The molecule has 5 nitrogen and oxygen atoms in total. The standard InChI is InChI=1S/C15H29N3O2/c1-11(18-14(20)15(2,3)4)13(19)17-9-7-12-6-5-8-16-10-12/h11-12,16H,5-10H2,1-4H3,(H,17,19)(H,18,20). The second kappa shape index (κ2) is 7.62. The molecule has 0 aromatic heterocycles. The number of amides is 2. The Balaban J connectivity index is 2.22. The highest BCUT2D eigenvalue weighted by atomic mass is 16.2. The SMILES string of the molecule is CC(NC(=O)C(C)(C)C)C(=O)NCCC1CCCNC1. The van der Waals surface area contributed by atoms with Gasteiger partial charge in [-0.3, -0.25) is 9.59 Å². The van der Waals surface area contributed by atoms with E-state index in [1.807, 2.05) is 20.8 Å². The van der Waals surface area contributed by atoms with Crippen molar-refractivity contribution < 1.29 is 9.59 Å². The smallest absolute Gasteiger partial charge is 0.242 e. The molecule has 0 aromatic carbocycles. The molecule has 2 unspecified atom stereocenters. The number of rotatable bonds is 5. The summed E-state index contributed by atoms with van der Waals surface area (Å²) in [6, 6.07) is -0.480. The summed E-state index contributed by atoms with van der Waals surface area (Å²) >= 11 is 0. The number of hydrogen-bond acceptors (Lipinski definition) is 3. The molecule has 1 aliphatic heterocycles. The van der Waals surface area contributed by atoms with Crippen molar-refractivity contribution in [2.75, 3.05) is 19.6 Å². The van der Waals surface area contributed by atoms with Crippen LogP contribution in [-0.2, 0) is 9.59 Å². The van der Waals surface area contributed by atoms with Gasteiger partial charge in [-0.05, 0) is 45.2 Å². The molecule has 0 aromatic rings. The summed E-state index contributed by atoms with van der Waals surface area (Å²) in [7, 11) is 0. The van der Waals surface area contributed by atoms with Crippen LogP contribution in [0.3, 0.4) is 0 Å².